The molecule has 1 heterocycles. The van der Waals surface area contributed by atoms with Crippen LogP contribution >= 0.6 is 23.2 Å². The maximum absolute atomic E-state index is 12.3. The van der Waals surface area contributed by atoms with Crippen LogP contribution in [-0.4, -0.2) is 17.5 Å². The largest absolute Gasteiger partial charge is 0.491 e. The molecule has 0 unspecified atom stereocenters. The summed E-state index contributed by atoms with van der Waals surface area (Å²) in [5.74, 6) is 0.684. The molecule has 1 aromatic carbocycles. The molecule has 0 aliphatic heterocycles. The van der Waals surface area contributed by atoms with Crippen LogP contribution in [0.25, 0.3) is 0 Å². The first-order valence-corrected chi connectivity index (χ1v) is 7.57. The summed E-state index contributed by atoms with van der Waals surface area (Å²) in [6.45, 7) is 4.68. The van der Waals surface area contributed by atoms with Crippen molar-refractivity contribution < 1.29 is 9.53 Å². The van der Waals surface area contributed by atoms with E-state index in [9.17, 15) is 4.79 Å². The van der Waals surface area contributed by atoms with Gasteiger partial charge in [0.25, 0.3) is 5.91 Å². The first kappa shape index (κ1) is 16.6. The van der Waals surface area contributed by atoms with Crippen molar-refractivity contribution in [3.63, 3.8) is 0 Å². The van der Waals surface area contributed by atoms with E-state index in [0.29, 0.717) is 29.5 Å². The lowest BCUT2D eigenvalue weighted by atomic mass is 10.2. The van der Waals surface area contributed by atoms with Crippen LogP contribution in [-0.2, 0) is 0 Å². The molecule has 0 saturated carbocycles. The molecule has 116 valence electrons. The van der Waals surface area contributed by atoms with Gasteiger partial charge in [0.1, 0.15) is 16.1 Å². The zero-order valence-corrected chi connectivity index (χ0v) is 13.8. The second kappa shape index (κ2) is 7.47. The Morgan fingerprint density at radius 2 is 1.86 bits per heavy atom. The van der Waals surface area contributed by atoms with Crippen LogP contribution in [0.15, 0.2) is 36.4 Å². The normalized spacial score (nSPS) is 10.6. The van der Waals surface area contributed by atoms with Crippen LogP contribution in [0.2, 0.25) is 10.3 Å². The number of para-hydroxylation sites is 2. The van der Waals surface area contributed by atoms with E-state index < -0.39 is 0 Å². The molecule has 0 saturated heterocycles. The van der Waals surface area contributed by atoms with E-state index in [2.05, 4.69) is 24.1 Å². The van der Waals surface area contributed by atoms with Gasteiger partial charge in [0, 0.05) is 5.56 Å². The Morgan fingerprint density at radius 3 is 2.50 bits per heavy atom. The summed E-state index contributed by atoms with van der Waals surface area (Å²) in [6.07, 6.45) is 0. The molecular formula is C16H16Cl2N2O2. The molecular weight excluding hydrogens is 323 g/mol. The number of nitrogens with one attached hydrogen (secondary N) is 1. The highest BCUT2D eigenvalue weighted by atomic mass is 35.5. The molecule has 6 heteroatoms. The molecule has 1 amide bonds. The number of nitrogens with zero attached hydrogens (tertiary/aromatic N) is 1. The third-order valence-electron chi connectivity index (χ3n) is 2.73. The van der Waals surface area contributed by atoms with E-state index in [1.165, 1.54) is 12.1 Å². The van der Waals surface area contributed by atoms with Crippen molar-refractivity contribution in [3.05, 3.63) is 52.3 Å². The predicted molar refractivity (Wildman–Crippen MR) is 89.0 cm³/mol. The summed E-state index contributed by atoms with van der Waals surface area (Å²) in [4.78, 5) is 16.1. The second-order valence-corrected chi connectivity index (χ2v) is 5.93. The highest BCUT2D eigenvalue weighted by Gasteiger charge is 2.12. The van der Waals surface area contributed by atoms with Gasteiger partial charge >= 0.3 is 0 Å². The van der Waals surface area contributed by atoms with Gasteiger partial charge in [-0.15, -0.1) is 0 Å². The zero-order chi connectivity index (χ0) is 16.1. The zero-order valence-electron chi connectivity index (χ0n) is 12.3. The Bertz CT molecular complexity index is 655. The summed E-state index contributed by atoms with van der Waals surface area (Å²) in [5, 5.41) is 3.13. The number of pyridine rings is 1. The minimum atomic E-state index is -0.327. The molecule has 0 aliphatic rings. The minimum absolute atomic E-state index is 0.169. The molecule has 0 bridgehead atoms. The number of carbonyl (C=O) groups excluding carboxylic acids is 1. The first-order chi connectivity index (χ1) is 10.5. The van der Waals surface area contributed by atoms with Crippen LogP contribution in [0.3, 0.4) is 0 Å². The van der Waals surface area contributed by atoms with Gasteiger partial charge in [-0.25, -0.2) is 4.98 Å². The quantitative estimate of drug-likeness (QED) is 0.805. The number of carbonyl (C=O) groups is 1. The highest BCUT2D eigenvalue weighted by Crippen LogP contribution is 2.25. The number of hydrogen-bond acceptors (Lipinski definition) is 3. The van der Waals surface area contributed by atoms with Gasteiger partial charge in [-0.2, -0.15) is 0 Å². The summed E-state index contributed by atoms with van der Waals surface area (Å²) in [6, 6.07) is 10.2. The Morgan fingerprint density at radius 1 is 1.23 bits per heavy atom. The third kappa shape index (κ3) is 4.61. The van der Waals surface area contributed by atoms with Gasteiger partial charge in [0.05, 0.1) is 12.3 Å². The van der Waals surface area contributed by atoms with Crippen molar-refractivity contribution in [2.45, 2.75) is 13.8 Å². The van der Waals surface area contributed by atoms with E-state index in [-0.39, 0.29) is 16.2 Å². The van der Waals surface area contributed by atoms with Gasteiger partial charge in [-0.3, -0.25) is 4.79 Å². The first-order valence-electron chi connectivity index (χ1n) is 6.82. The second-order valence-electron chi connectivity index (χ2n) is 5.16. The number of benzene rings is 1. The van der Waals surface area contributed by atoms with E-state index in [1.54, 1.807) is 6.07 Å². The average Bonchev–Trinajstić information content (AvgIpc) is 2.45. The number of aromatic nitrogens is 1. The summed E-state index contributed by atoms with van der Waals surface area (Å²) < 4.78 is 5.70. The molecule has 22 heavy (non-hydrogen) atoms. The monoisotopic (exact) mass is 338 g/mol. The van der Waals surface area contributed by atoms with E-state index >= 15 is 0 Å². The van der Waals surface area contributed by atoms with E-state index in [1.807, 2.05) is 18.2 Å². The fourth-order valence-electron chi connectivity index (χ4n) is 1.74. The number of amides is 1. The molecule has 4 nitrogen and oxygen atoms in total. The van der Waals surface area contributed by atoms with Crippen molar-refractivity contribution in [1.82, 2.24) is 4.98 Å². The SMILES string of the molecule is CC(C)COc1ccccc1NC(=O)c1cc(Cl)nc(Cl)c1. The molecule has 1 aromatic heterocycles. The average molecular weight is 339 g/mol. The summed E-state index contributed by atoms with van der Waals surface area (Å²) >= 11 is 11.6. The molecule has 0 aliphatic carbocycles. The molecule has 0 radical (unpaired) electrons. The lowest BCUT2D eigenvalue weighted by Crippen LogP contribution is -2.14. The summed E-state index contributed by atoms with van der Waals surface area (Å²) in [5.41, 5.74) is 0.931. The lowest BCUT2D eigenvalue weighted by molar-refractivity contribution is 0.102. The predicted octanol–water partition coefficient (Wildman–Crippen LogP) is 4.68. The Kier molecular flexibility index (Phi) is 5.63. The lowest BCUT2D eigenvalue weighted by Gasteiger charge is -2.14. The van der Waals surface area contributed by atoms with E-state index in [0.717, 1.165) is 0 Å². The van der Waals surface area contributed by atoms with Crippen LogP contribution < -0.4 is 10.1 Å². The van der Waals surface area contributed by atoms with Crippen LogP contribution in [0.1, 0.15) is 24.2 Å². The van der Waals surface area contributed by atoms with Crippen LogP contribution in [0.5, 0.6) is 5.75 Å². The Labute approximate surface area is 139 Å². The smallest absolute Gasteiger partial charge is 0.255 e. The fourth-order valence-corrected chi connectivity index (χ4v) is 2.20. The maximum Gasteiger partial charge on any atom is 0.255 e. The highest BCUT2D eigenvalue weighted by molar-refractivity contribution is 6.33. The van der Waals surface area contributed by atoms with Crippen molar-refractivity contribution in [3.8, 4) is 5.75 Å². The molecule has 0 fully saturated rings. The maximum atomic E-state index is 12.3. The number of halogens is 2. The molecule has 2 aromatic rings. The topological polar surface area (TPSA) is 51.2 Å². The standard InChI is InChI=1S/C16H16Cl2N2O2/c1-10(2)9-22-13-6-4-3-5-12(13)19-16(21)11-7-14(17)20-15(18)8-11/h3-8,10H,9H2,1-2H3,(H,19,21). The van der Waals surface area contributed by atoms with Crippen molar-refractivity contribution in [1.29, 1.82) is 0 Å². The van der Waals surface area contributed by atoms with Gasteiger partial charge in [-0.1, -0.05) is 49.2 Å². The van der Waals surface area contributed by atoms with Gasteiger partial charge in [0.15, 0.2) is 0 Å². The molecule has 2 rings (SSSR count). The third-order valence-corrected chi connectivity index (χ3v) is 3.12. The van der Waals surface area contributed by atoms with Crippen LogP contribution in [0, 0.1) is 5.92 Å². The Hall–Kier alpha value is -1.78. The molecule has 0 spiro atoms. The fraction of sp³-hybridized carbons (Fsp3) is 0.250. The minimum Gasteiger partial charge on any atom is -0.491 e. The number of ether oxygens (including phenoxy) is 1. The number of anilines is 1. The van der Waals surface area contributed by atoms with Crippen LogP contribution in [0.4, 0.5) is 5.69 Å². The van der Waals surface area contributed by atoms with Gasteiger partial charge in [-0.05, 0) is 30.2 Å². The molecule has 0 atom stereocenters. The summed E-state index contributed by atoms with van der Waals surface area (Å²) in [7, 11) is 0. The number of rotatable bonds is 5. The van der Waals surface area contributed by atoms with Gasteiger partial charge < -0.3 is 10.1 Å². The van der Waals surface area contributed by atoms with Crippen molar-refractivity contribution in [2.24, 2.45) is 5.92 Å². The van der Waals surface area contributed by atoms with Crippen molar-refractivity contribution in [2.75, 3.05) is 11.9 Å². The van der Waals surface area contributed by atoms with E-state index in [4.69, 9.17) is 27.9 Å². The number of hydrogen-bond donors (Lipinski definition) is 1. The van der Waals surface area contributed by atoms with Gasteiger partial charge in [0.2, 0.25) is 0 Å². The van der Waals surface area contributed by atoms with Crippen molar-refractivity contribution >= 4 is 34.8 Å². The molecule has 1 N–H and O–H groups in total. The Balaban J connectivity index is 2.17.